The fourth-order valence-electron chi connectivity index (χ4n) is 2.57. The van der Waals surface area contributed by atoms with Gasteiger partial charge in [0.2, 0.25) is 0 Å². The standard InChI is InChI=1S/C21H23ClN4O/c1-3-26(4-2)19-11-9-18(10-12-19)24-15-17(13-23)21(27)25-14-16-7-5-6-8-20(16)22/h5-12,15,24H,3-4,14H2,1-2H3,(H,25,27)/b17-15-. The van der Waals surface area contributed by atoms with Crippen LogP contribution in [0.4, 0.5) is 11.4 Å². The molecule has 0 aliphatic rings. The Morgan fingerprint density at radius 2 is 1.81 bits per heavy atom. The van der Waals surface area contributed by atoms with Crippen LogP contribution in [0, 0.1) is 11.3 Å². The van der Waals surface area contributed by atoms with Gasteiger partial charge < -0.3 is 15.5 Å². The van der Waals surface area contributed by atoms with Crippen LogP contribution in [0.2, 0.25) is 5.02 Å². The van der Waals surface area contributed by atoms with Crippen LogP contribution in [-0.2, 0) is 11.3 Å². The summed E-state index contributed by atoms with van der Waals surface area (Å²) in [6.45, 7) is 6.36. The molecule has 0 unspecified atom stereocenters. The third-order valence-electron chi connectivity index (χ3n) is 4.14. The van der Waals surface area contributed by atoms with Gasteiger partial charge in [0, 0.05) is 42.2 Å². The average Bonchev–Trinajstić information content (AvgIpc) is 2.70. The zero-order chi connectivity index (χ0) is 19.6. The van der Waals surface area contributed by atoms with Crippen molar-refractivity contribution in [2.75, 3.05) is 23.3 Å². The normalized spacial score (nSPS) is 10.8. The van der Waals surface area contributed by atoms with Crippen molar-refractivity contribution in [2.45, 2.75) is 20.4 Å². The van der Waals surface area contributed by atoms with E-state index >= 15 is 0 Å². The molecule has 0 aliphatic heterocycles. The summed E-state index contributed by atoms with van der Waals surface area (Å²) in [5.74, 6) is -0.454. The Kier molecular flexibility index (Phi) is 7.72. The van der Waals surface area contributed by atoms with Crippen LogP contribution in [0.15, 0.2) is 60.3 Å². The SMILES string of the molecule is CCN(CC)c1ccc(N/C=C(/C#N)C(=O)NCc2ccccc2Cl)cc1. The Bertz CT molecular complexity index is 836. The van der Waals surface area contributed by atoms with Gasteiger partial charge in [0.25, 0.3) is 5.91 Å². The number of anilines is 2. The predicted octanol–water partition coefficient (Wildman–Crippen LogP) is 4.32. The van der Waals surface area contributed by atoms with Gasteiger partial charge in [-0.1, -0.05) is 29.8 Å². The van der Waals surface area contributed by atoms with Crippen molar-refractivity contribution in [3.05, 3.63) is 70.9 Å². The molecular weight excluding hydrogens is 360 g/mol. The molecule has 5 nitrogen and oxygen atoms in total. The minimum absolute atomic E-state index is 0.00475. The molecule has 0 aromatic heterocycles. The maximum absolute atomic E-state index is 12.2. The van der Waals surface area contributed by atoms with Crippen molar-refractivity contribution in [2.24, 2.45) is 0 Å². The number of nitriles is 1. The molecule has 0 bridgehead atoms. The highest BCUT2D eigenvalue weighted by molar-refractivity contribution is 6.31. The quantitative estimate of drug-likeness (QED) is 0.527. The first-order valence-corrected chi connectivity index (χ1v) is 9.20. The Morgan fingerprint density at radius 3 is 2.41 bits per heavy atom. The van der Waals surface area contributed by atoms with Gasteiger partial charge in [-0.05, 0) is 49.7 Å². The molecule has 2 N–H and O–H groups in total. The lowest BCUT2D eigenvalue weighted by Gasteiger charge is -2.21. The van der Waals surface area contributed by atoms with Crippen LogP contribution in [0.5, 0.6) is 0 Å². The lowest BCUT2D eigenvalue weighted by atomic mass is 10.2. The largest absolute Gasteiger partial charge is 0.372 e. The smallest absolute Gasteiger partial charge is 0.263 e. The van der Waals surface area contributed by atoms with E-state index in [1.54, 1.807) is 6.07 Å². The number of nitrogens with zero attached hydrogens (tertiary/aromatic N) is 2. The molecule has 0 heterocycles. The van der Waals surface area contributed by atoms with Gasteiger partial charge in [-0.25, -0.2) is 0 Å². The lowest BCUT2D eigenvalue weighted by molar-refractivity contribution is -0.117. The van der Waals surface area contributed by atoms with E-state index in [0.29, 0.717) is 5.02 Å². The second kappa shape index (κ2) is 10.2. The molecule has 0 fully saturated rings. The zero-order valence-corrected chi connectivity index (χ0v) is 16.3. The highest BCUT2D eigenvalue weighted by Gasteiger charge is 2.09. The lowest BCUT2D eigenvalue weighted by Crippen LogP contribution is -2.24. The van der Waals surface area contributed by atoms with Crippen molar-refractivity contribution < 1.29 is 4.79 Å². The first-order valence-electron chi connectivity index (χ1n) is 8.82. The summed E-state index contributed by atoms with van der Waals surface area (Å²) < 4.78 is 0. The zero-order valence-electron chi connectivity index (χ0n) is 15.5. The fourth-order valence-corrected chi connectivity index (χ4v) is 2.78. The Morgan fingerprint density at radius 1 is 1.15 bits per heavy atom. The van der Waals surface area contributed by atoms with Crippen LogP contribution in [0.3, 0.4) is 0 Å². The van der Waals surface area contributed by atoms with Gasteiger partial charge in [-0.15, -0.1) is 0 Å². The molecule has 0 spiro atoms. The molecule has 0 saturated carbocycles. The molecule has 1 amide bonds. The number of halogens is 1. The molecule has 27 heavy (non-hydrogen) atoms. The van der Waals surface area contributed by atoms with E-state index in [4.69, 9.17) is 11.6 Å². The second-order valence-corrected chi connectivity index (χ2v) is 6.21. The van der Waals surface area contributed by atoms with E-state index in [0.717, 1.165) is 30.0 Å². The molecular formula is C21H23ClN4O. The number of rotatable bonds is 8. The van der Waals surface area contributed by atoms with Crippen molar-refractivity contribution in [1.82, 2.24) is 5.32 Å². The van der Waals surface area contributed by atoms with E-state index in [9.17, 15) is 10.1 Å². The molecule has 0 atom stereocenters. The highest BCUT2D eigenvalue weighted by Crippen LogP contribution is 2.18. The van der Waals surface area contributed by atoms with Gasteiger partial charge in [0.15, 0.2) is 0 Å². The highest BCUT2D eigenvalue weighted by atomic mass is 35.5. The van der Waals surface area contributed by atoms with Gasteiger partial charge in [-0.2, -0.15) is 5.26 Å². The first-order chi connectivity index (χ1) is 13.1. The number of carbonyl (C=O) groups excluding carboxylic acids is 1. The molecule has 0 radical (unpaired) electrons. The van der Waals surface area contributed by atoms with Crippen LogP contribution < -0.4 is 15.5 Å². The number of hydrogen-bond acceptors (Lipinski definition) is 4. The molecule has 0 aliphatic carbocycles. The number of amides is 1. The van der Waals surface area contributed by atoms with Crippen LogP contribution in [-0.4, -0.2) is 19.0 Å². The summed E-state index contributed by atoms with van der Waals surface area (Å²) >= 11 is 6.07. The third kappa shape index (κ3) is 5.77. The van der Waals surface area contributed by atoms with E-state index in [-0.39, 0.29) is 12.1 Å². The van der Waals surface area contributed by atoms with Gasteiger partial charge in [-0.3, -0.25) is 4.79 Å². The van der Waals surface area contributed by atoms with Gasteiger partial charge in [0.05, 0.1) is 0 Å². The molecule has 140 valence electrons. The number of carbonyl (C=O) groups is 1. The molecule has 2 aromatic rings. The summed E-state index contributed by atoms with van der Waals surface area (Å²) in [7, 11) is 0. The van der Waals surface area contributed by atoms with Crippen molar-refractivity contribution in [3.63, 3.8) is 0 Å². The predicted molar refractivity (Wildman–Crippen MR) is 111 cm³/mol. The number of nitrogens with one attached hydrogen (secondary N) is 2. The maximum Gasteiger partial charge on any atom is 0.263 e. The summed E-state index contributed by atoms with van der Waals surface area (Å²) in [6, 6.07) is 17.0. The van der Waals surface area contributed by atoms with E-state index in [1.165, 1.54) is 6.20 Å². The molecule has 2 aromatic carbocycles. The number of benzene rings is 2. The van der Waals surface area contributed by atoms with Crippen LogP contribution >= 0.6 is 11.6 Å². The average molecular weight is 383 g/mol. The first kappa shape index (κ1) is 20.3. The monoisotopic (exact) mass is 382 g/mol. The van der Waals surface area contributed by atoms with Crippen molar-refractivity contribution in [1.29, 1.82) is 5.26 Å². The van der Waals surface area contributed by atoms with E-state index in [1.807, 2.05) is 48.5 Å². The van der Waals surface area contributed by atoms with Crippen molar-refractivity contribution >= 4 is 28.9 Å². The summed E-state index contributed by atoms with van der Waals surface area (Å²) in [5, 5.41) is 15.5. The second-order valence-electron chi connectivity index (χ2n) is 5.81. The Labute approximate surface area is 165 Å². The number of hydrogen-bond donors (Lipinski definition) is 2. The van der Waals surface area contributed by atoms with Crippen LogP contribution in [0.25, 0.3) is 0 Å². The Balaban J connectivity index is 1.98. The van der Waals surface area contributed by atoms with Crippen molar-refractivity contribution in [3.8, 4) is 6.07 Å². The Hall–Kier alpha value is -2.97. The summed E-state index contributed by atoms with van der Waals surface area (Å²) in [4.78, 5) is 14.4. The summed E-state index contributed by atoms with van der Waals surface area (Å²) in [5.41, 5.74) is 2.73. The van der Waals surface area contributed by atoms with Gasteiger partial charge in [0.1, 0.15) is 11.6 Å². The van der Waals surface area contributed by atoms with Gasteiger partial charge >= 0.3 is 0 Å². The molecule has 0 saturated heterocycles. The molecule has 6 heteroatoms. The third-order valence-corrected chi connectivity index (χ3v) is 4.51. The molecule has 2 rings (SSSR count). The minimum atomic E-state index is -0.454. The van der Waals surface area contributed by atoms with E-state index < -0.39 is 5.91 Å². The summed E-state index contributed by atoms with van der Waals surface area (Å²) in [6.07, 6.45) is 1.41. The van der Waals surface area contributed by atoms with Crippen LogP contribution in [0.1, 0.15) is 19.4 Å². The minimum Gasteiger partial charge on any atom is -0.372 e. The van der Waals surface area contributed by atoms with E-state index in [2.05, 4.69) is 29.4 Å². The topological polar surface area (TPSA) is 68.2 Å². The fraction of sp³-hybridized carbons (Fsp3) is 0.238. The maximum atomic E-state index is 12.2.